The number of aromatic nitrogens is 1. The summed E-state index contributed by atoms with van der Waals surface area (Å²) in [6.07, 6.45) is 1.62. The first kappa shape index (κ1) is 34.0. The molecule has 0 fully saturated rings. The van der Waals surface area contributed by atoms with Crippen molar-refractivity contribution in [2.24, 2.45) is 0 Å². The molecular formula is C37H27N5O5S3. The van der Waals surface area contributed by atoms with Crippen LogP contribution < -0.4 is 16.0 Å². The van der Waals surface area contributed by atoms with Crippen LogP contribution in [0.25, 0.3) is 17.3 Å². The Labute approximate surface area is 299 Å². The van der Waals surface area contributed by atoms with Crippen LogP contribution in [0, 0.1) is 10.1 Å². The molecule has 2 aromatic heterocycles. The normalized spacial score (nSPS) is 11.7. The topological polar surface area (TPSA) is 143 Å². The molecule has 0 saturated carbocycles. The maximum Gasteiger partial charge on any atom is 0.272 e. The lowest BCUT2D eigenvalue weighted by atomic mass is 10.1. The third-order valence-electron chi connectivity index (χ3n) is 7.16. The van der Waals surface area contributed by atoms with Gasteiger partial charge in [-0.15, -0.1) is 23.1 Å². The minimum absolute atomic E-state index is 0.0494. The molecule has 3 amide bonds. The number of nitrogens with zero attached hydrogens (tertiary/aromatic N) is 2. The molecule has 0 aliphatic rings. The summed E-state index contributed by atoms with van der Waals surface area (Å²) in [6.45, 7) is 0. The van der Waals surface area contributed by atoms with Gasteiger partial charge in [0.05, 0.1) is 10.6 Å². The summed E-state index contributed by atoms with van der Waals surface area (Å²) < 4.78 is 0. The number of amides is 3. The fourth-order valence-electron chi connectivity index (χ4n) is 4.76. The van der Waals surface area contributed by atoms with E-state index in [-0.39, 0.29) is 17.3 Å². The molecule has 3 N–H and O–H groups in total. The van der Waals surface area contributed by atoms with Crippen LogP contribution in [0.2, 0.25) is 0 Å². The number of thioether (sulfide) groups is 1. The predicted molar refractivity (Wildman–Crippen MR) is 199 cm³/mol. The first-order chi connectivity index (χ1) is 24.3. The summed E-state index contributed by atoms with van der Waals surface area (Å²) in [6, 6.07) is 33.0. The Bertz CT molecular complexity index is 2170. The maximum absolute atomic E-state index is 13.8. The van der Waals surface area contributed by atoms with E-state index in [2.05, 4.69) is 20.9 Å². The van der Waals surface area contributed by atoms with Crippen molar-refractivity contribution in [3.05, 3.63) is 164 Å². The number of benzene rings is 4. The van der Waals surface area contributed by atoms with E-state index in [0.29, 0.717) is 32.5 Å². The summed E-state index contributed by atoms with van der Waals surface area (Å²) >= 11 is 3.98. The van der Waals surface area contributed by atoms with Crippen LogP contribution in [0.3, 0.4) is 0 Å². The van der Waals surface area contributed by atoms with Gasteiger partial charge >= 0.3 is 0 Å². The highest BCUT2D eigenvalue weighted by atomic mass is 32.2. The van der Waals surface area contributed by atoms with Gasteiger partial charge in [0.25, 0.3) is 17.5 Å². The van der Waals surface area contributed by atoms with E-state index in [1.54, 1.807) is 72.1 Å². The molecule has 0 aliphatic heterocycles. The van der Waals surface area contributed by atoms with Crippen molar-refractivity contribution in [1.82, 2.24) is 10.3 Å². The van der Waals surface area contributed by atoms with Gasteiger partial charge in [-0.2, -0.15) is 11.3 Å². The Hall–Kier alpha value is -5.89. The second-order valence-electron chi connectivity index (χ2n) is 10.7. The fraction of sp³-hybridized carbons (Fsp3) is 0.0270. The molecule has 4 aromatic carbocycles. The van der Waals surface area contributed by atoms with Crippen LogP contribution in [0.4, 0.5) is 16.5 Å². The molecule has 248 valence electrons. The zero-order chi connectivity index (χ0) is 34.9. The van der Waals surface area contributed by atoms with Gasteiger partial charge in [0, 0.05) is 39.2 Å². The van der Waals surface area contributed by atoms with E-state index < -0.39 is 22.0 Å². The first-order valence-electron chi connectivity index (χ1n) is 15.1. The van der Waals surface area contributed by atoms with Crippen LogP contribution in [0.1, 0.15) is 26.7 Å². The number of carbonyl (C=O) groups excluding carboxylic acids is 3. The zero-order valence-electron chi connectivity index (χ0n) is 26.0. The van der Waals surface area contributed by atoms with Crippen LogP contribution in [0.5, 0.6) is 0 Å². The van der Waals surface area contributed by atoms with E-state index in [0.717, 1.165) is 11.1 Å². The SMILES string of the molecule is O=C(Nc1cccc(SC(C(=O)Nc2nc(-c3cccc([N+](=O)[O-])c3)cs2)c2ccccc2)c1)/C(=C/c1ccsc1)NC(=O)c1ccccc1. The number of hydrogen-bond donors (Lipinski definition) is 3. The Morgan fingerprint density at radius 2 is 1.60 bits per heavy atom. The lowest BCUT2D eigenvalue weighted by Crippen LogP contribution is -2.30. The van der Waals surface area contributed by atoms with Gasteiger partial charge in [-0.3, -0.25) is 24.5 Å². The molecule has 1 atom stereocenters. The van der Waals surface area contributed by atoms with Gasteiger partial charge in [-0.25, -0.2) is 4.98 Å². The summed E-state index contributed by atoms with van der Waals surface area (Å²) in [5, 5.41) is 24.9. The van der Waals surface area contributed by atoms with E-state index in [4.69, 9.17) is 0 Å². The molecule has 0 spiro atoms. The quantitative estimate of drug-likeness (QED) is 0.0498. The van der Waals surface area contributed by atoms with E-state index in [1.807, 2.05) is 53.2 Å². The number of hydrogen-bond acceptors (Lipinski definition) is 9. The lowest BCUT2D eigenvalue weighted by Gasteiger charge is -2.17. The van der Waals surface area contributed by atoms with Crippen molar-refractivity contribution >= 4 is 74.7 Å². The third kappa shape index (κ3) is 8.76. The first-order valence-corrected chi connectivity index (χ1v) is 17.8. The number of rotatable bonds is 12. The van der Waals surface area contributed by atoms with Crippen molar-refractivity contribution in [2.45, 2.75) is 10.1 Å². The highest BCUT2D eigenvalue weighted by Crippen LogP contribution is 2.38. The Kier molecular flexibility index (Phi) is 10.9. The molecule has 2 heterocycles. The van der Waals surface area contributed by atoms with Crippen LogP contribution in [-0.2, 0) is 9.59 Å². The van der Waals surface area contributed by atoms with Crippen LogP contribution in [0.15, 0.2) is 142 Å². The van der Waals surface area contributed by atoms with Crippen LogP contribution >= 0.6 is 34.4 Å². The monoisotopic (exact) mass is 717 g/mol. The smallest absolute Gasteiger partial charge is 0.272 e. The summed E-state index contributed by atoms with van der Waals surface area (Å²) in [4.78, 5) is 56.2. The molecule has 1 unspecified atom stereocenters. The van der Waals surface area contributed by atoms with Crippen LogP contribution in [-0.4, -0.2) is 27.6 Å². The van der Waals surface area contributed by atoms with E-state index >= 15 is 0 Å². The van der Waals surface area contributed by atoms with Crippen molar-refractivity contribution < 1.29 is 19.3 Å². The summed E-state index contributed by atoms with van der Waals surface area (Å²) in [7, 11) is 0. The average molecular weight is 718 g/mol. The number of nitro benzene ring substituents is 1. The molecule has 6 aromatic rings. The molecule has 0 aliphatic carbocycles. The zero-order valence-corrected chi connectivity index (χ0v) is 28.5. The van der Waals surface area contributed by atoms with Gasteiger partial charge in [-0.05, 0) is 64.4 Å². The molecule has 0 bridgehead atoms. The van der Waals surface area contributed by atoms with Crippen molar-refractivity contribution in [3.63, 3.8) is 0 Å². The molecule has 0 radical (unpaired) electrons. The van der Waals surface area contributed by atoms with Crippen molar-refractivity contribution in [1.29, 1.82) is 0 Å². The van der Waals surface area contributed by atoms with Crippen molar-refractivity contribution in [2.75, 3.05) is 10.6 Å². The highest BCUT2D eigenvalue weighted by molar-refractivity contribution is 8.00. The Morgan fingerprint density at radius 1 is 0.840 bits per heavy atom. The largest absolute Gasteiger partial charge is 0.321 e. The highest BCUT2D eigenvalue weighted by Gasteiger charge is 2.24. The lowest BCUT2D eigenvalue weighted by molar-refractivity contribution is -0.384. The molecule has 0 saturated heterocycles. The Morgan fingerprint density at radius 3 is 2.34 bits per heavy atom. The number of thiophene rings is 1. The molecule has 13 heteroatoms. The molecule has 10 nitrogen and oxygen atoms in total. The van der Waals surface area contributed by atoms with Gasteiger partial charge in [0.15, 0.2) is 5.13 Å². The summed E-state index contributed by atoms with van der Waals surface area (Å²) in [5.74, 6) is -1.25. The number of nitrogens with one attached hydrogen (secondary N) is 3. The number of thiazole rings is 1. The molecule has 50 heavy (non-hydrogen) atoms. The number of nitro groups is 1. The van der Waals surface area contributed by atoms with E-state index in [9.17, 15) is 24.5 Å². The molecular weight excluding hydrogens is 691 g/mol. The minimum atomic E-state index is -0.688. The maximum atomic E-state index is 13.8. The number of non-ortho nitro benzene ring substituents is 1. The van der Waals surface area contributed by atoms with Crippen molar-refractivity contribution in [3.8, 4) is 11.3 Å². The van der Waals surface area contributed by atoms with Gasteiger partial charge in [-0.1, -0.05) is 66.7 Å². The average Bonchev–Trinajstić information content (AvgIpc) is 3.84. The third-order valence-corrected chi connectivity index (χ3v) is 9.86. The van der Waals surface area contributed by atoms with Gasteiger partial charge in [0.1, 0.15) is 10.9 Å². The number of carbonyl (C=O) groups is 3. The predicted octanol–water partition coefficient (Wildman–Crippen LogP) is 8.66. The summed E-state index contributed by atoms with van der Waals surface area (Å²) in [5.41, 5.74) is 3.51. The number of anilines is 2. The molecule has 6 rings (SSSR count). The standard InChI is InChI=1S/C37H27N5O5S3/c43-34(26-11-5-2-6-12-26)39-31(19-24-17-18-48-22-24)35(44)38-28-14-8-16-30(21-28)50-33(25-9-3-1-4-10-25)36(45)41-37-40-32(23-49-37)27-13-7-15-29(20-27)42(46)47/h1-23,33H,(H,38,44)(H,39,43)(H,40,41,45)/b31-19-. The second kappa shape index (κ2) is 16.0. The Balaban J connectivity index is 1.19. The fourth-order valence-corrected chi connectivity index (χ4v) is 7.19. The van der Waals surface area contributed by atoms with Gasteiger partial charge in [0.2, 0.25) is 5.91 Å². The van der Waals surface area contributed by atoms with Gasteiger partial charge < -0.3 is 16.0 Å². The van der Waals surface area contributed by atoms with E-state index in [1.165, 1.54) is 46.6 Å². The second-order valence-corrected chi connectivity index (χ2v) is 13.5. The minimum Gasteiger partial charge on any atom is -0.321 e.